The molecule has 0 atom stereocenters. The maximum absolute atomic E-state index is 11.8. The Morgan fingerprint density at radius 2 is 1.81 bits per heavy atom. The first-order chi connectivity index (χ1) is 7.21. The molecule has 0 bridgehead atoms. The molecule has 0 spiro atoms. The van der Waals surface area contributed by atoms with Crippen molar-refractivity contribution in [1.29, 1.82) is 0 Å². The van der Waals surface area contributed by atoms with E-state index in [0.29, 0.717) is 6.54 Å². The van der Waals surface area contributed by atoms with E-state index in [2.05, 4.69) is 14.7 Å². The third-order valence-electron chi connectivity index (χ3n) is 1.75. The largest absolute Gasteiger partial charge is 0.368 e. The molecule has 0 radical (unpaired) electrons. The average Bonchev–Trinajstić information content (AvgIpc) is 2.15. The van der Waals surface area contributed by atoms with Crippen molar-refractivity contribution in [3.63, 3.8) is 0 Å². The molecule has 0 unspecified atom stereocenters. The molecule has 1 aromatic rings. The van der Waals surface area contributed by atoms with Crippen molar-refractivity contribution >= 4 is 16.0 Å². The van der Waals surface area contributed by atoms with Crippen LogP contribution in [0.25, 0.3) is 0 Å². The number of nitrogen functional groups attached to an aromatic ring is 1. The van der Waals surface area contributed by atoms with Gasteiger partial charge in [0.05, 0.1) is 12.4 Å². The fourth-order valence-corrected chi connectivity index (χ4v) is 2.03. The van der Waals surface area contributed by atoms with Crippen LogP contribution in [0.15, 0.2) is 17.3 Å². The Hall–Kier alpha value is -1.21. The Labute approximate surface area is 95.3 Å². The van der Waals surface area contributed by atoms with E-state index < -0.39 is 10.0 Å². The van der Waals surface area contributed by atoms with Crippen molar-refractivity contribution in [2.24, 2.45) is 5.41 Å². The Kier molecular flexibility index (Phi) is 3.49. The number of nitrogens with zero attached hydrogens (tertiary/aromatic N) is 2. The minimum atomic E-state index is -3.54. The Morgan fingerprint density at radius 3 is 2.25 bits per heavy atom. The van der Waals surface area contributed by atoms with Gasteiger partial charge >= 0.3 is 0 Å². The third kappa shape index (κ3) is 3.74. The number of anilines is 1. The van der Waals surface area contributed by atoms with Gasteiger partial charge in [-0.25, -0.2) is 23.1 Å². The van der Waals surface area contributed by atoms with E-state index in [0.717, 1.165) is 0 Å². The second-order valence-electron chi connectivity index (χ2n) is 4.66. The summed E-state index contributed by atoms with van der Waals surface area (Å²) in [6.07, 6.45) is 2.38. The van der Waals surface area contributed by atoms with Gasteiger partial charge in [-0.3, -0.25) is 0 Å². The van der Waals surface area contributed by atoms with Crippen LogP contribution in [0.4, 0.5) is 5.95 Å². The van der Waals surface area contributed by atoms with Crippen LogP contribution < -0.4 is 10.5 Å². The first kappa shape index (κ1) is 12.9. The number of hydrogen-bond donors (Lipinski definition) is 2. The normalized spacial score (nSPS) is 12.7. The van der Waals surface area contributed by atoms with Gasteiger partial charge in [0.2, 0.25) is 16.0 Å². The Morgan fingerprint density at radius 1 is 1.31 bits per heavy atom. The number of rotatable bonds is 3. The highest BCUT2D eigenvalue weighted by Crippen LogP contribution is 2.13. The van der Waals surface area contributed by atoms with Crippen LogP contribution in [0, 0.1) is 5.41 Å². The molecule has 6 nitrogen and oxygen atoms in total. The van der Waals surface area contributed by atoms with E-state index in [4.69, 9.17) is 5.73 Å². The molecule has 0 aliphatic rings. The lowest BCUT2D eigenvalue weighted by Crippen LogP contribution is -2.32. The van der Waals surface area contributed by atoms with E-state index in [-0.39, 0.29) is 16.3 Å². The summed E-state index contributed by atoms with van der Waals surface area (Å²) in [7, 11) is -3.54. The highest BCUT2D eigenvalue weighted by Gasteiger charge is 2.18. The Bertz CT molecular complexity index is 447. The molecule has 90 valence electrons. The summed E-state index contributed by atoms with van der Waals surface area (Å²) in [6, 6.07) is 0. The predicted molar refractivity (Wildman–Crippen MR) is 61.1 cm³/mol. The summed E-state index contributed by atoms with van der Waals surface area (Å²) >= 11 is 0. The first-order valence-corrected chi connectivity index (χ1v) is 6.26. The van der Waals surface area contributed by atoms with Crippen LogP contribution in [0.5, 0.6) is 0 Å². The molecule has 0 amide bonds. The van der Waals surface area contributed by atoms with E-state index in [1.165, 1.54) is 12.4 Å². The number of hydrogen-bond acceptors (Lipinski definition) is 5. The molecule has 7 heteroatoms. The molecule has 16 heavy (non-hydrogen) atoms. The molecular formula is C9H16N4O2S. The smallest absolute Gasteiger partial charge is 0.243 e. The molecular weight excluding hydrogens is 228 g/mol. The first-order valence-electron chi connectivity index (χ1n) is 4.78. The van der Waals surface area contributed by atoms with Gasteiger partial charge < -0.3 is 5.73 Å². The number of aromatic nitrogens is 2. The molecule has 0 aliphatic heterocycles. The summed E-state index contributed by atoms with van der Waals surface area (Å²) in [5.74, 6) is 0.0507. The van der Waals surface area contributed by atoms with Gasteiger partial charge in [-0.1, -0.05) is 20.8 Å². The zero-order chi connectivity index (χ0) is 12.4. The maximum Gasteiger partial charge on any atom is 0.243 e. The van der Waals surface area contributed by atoms with Gasteiger partial charge in [0.25, 0.3) is 0 Å². The average molecular weight is 244 g/mol. The van der Waals surface area contributed by atoms with Gasteiger partial charge in [-0.05, 0) is 5.41 Å². The quantitative estimate of drug-likeness (QED) is 0.801. The summed E-state index contributed by atoms with van der Waals surface area (Å²) in [6.45, 7) is 6.17. The number of nitrogens with two attached hydrogens (primary N) is 1. The van der Waals surface area contributed by atoms with Crippen LogP contribution >= 0.6 is 0 Å². The summed E-state index contributed by atoms with van der Waals surface area (Å²) in [5.41, 5.74) is 5.15. The zero-order valence-electron chi connectivity index (χ0n) is 9.56. The van der Waals surface area contributed by atoms with Crippen molar-refractivity contribution < 1.29 is 8.42 Å². The molecule has 3 N–H and O–H groups in total. The third-order valence-corrected chi connectivity index (χ3v) is 3.11. The van der Waals surface area contributed by atoms with Crippen LogP contribution in [0.1, 0.15) is 20.8 Å². The van der Waals surface area contributed by atoms with Crippen LogP contribution in [-0.2, 0) is 10.0 Å². The molecule has 1 heterocycles. The summed E-state index contributed by atoms with van der Waals surface area (Å²) in [4.78, 5) is 7.29. The lowest BCUT2D eigenvalue weighted by atomic mass is 9.98. The minimum Gasteiger partial charge on any atom is -0.368 e. The Balaban J connectivity index is 2.83. The van der Waals surface area contributed by atoms with Gasteiger partial charge in [-0.2, -0.15) is 0 Å². The monoisotopic (exact) mass is 244 g/mol. The van der Waals surface area contributed by atoms with Gasteiger partial charge in [-0.15, -0.1) is 0 Å². The van der Waals surface area contributed by atoms with Crippen molar-refractivity contribution in [2.45, 2.75) is 25.7 Å². The molecule has 1 rings (SSSR count). The van der Waals surface area contributed by atoms with Crippen molar-refractivity contribution in [2.75, 3.05) is 12.3 Å². The second kappa shape index (κ2) is 4.34. The molecule has 0 aliphatic carbocycles. The summed E-state index contributed by atoms with van der Waals surface area (Å²) < 4.78 is 26.0. The zero-order valence-corrected chi connectivity index (χ0v) is 10.4. The SMILES string of the molecule is CC(C)(C)CNS(=O)(=O)c1cnc(N)nc1. The molecule has 0 fully saturated rings. The second-order valence-corrected chi connectivity index (χ2v) is 6.43. The van der Waals surface area contributed by atoms with Crippen molar-refractivity contribution in [3.8, 4) is 0 Å². The van der Waals surface area contributed by atoms with Crippen LogP contribution in [0.3, 0.4) is 0 Å². The van der Waals surface area contributed by atoms with Gasteiger partial charge in [0.15, 0.2) is 0 Å². The number of nitrogens with one attached hydrogen (secondary N) is 1. The number of sulfonamides is 1. The van der Waals surface area contributed by atoms with E-state index in [1.807, 2.05) is 20.8 Å². The maximum atomic E-state index is 11.8. The highest BCUT2D eigenvalue weighted by molar-refractivity contribution is 7.89. The van der Waals surface area contributed by atoms with Gasteiger partial charge in [0.1, 0.15) is 4.90 Å². The topological polar surface area (TPSA) is 98.0 Å². The molecule has 0 saturated carbocycles. The fraction of sp³-hybridized carbons (Fsp3) is 0.556. The standard InChI is InChI=1S/C9H16N4O2S/c1-9(2,3)6-13-16(14,15)7-4-11-8(10)12-5-7/h4-5,13H,6H2,1-3H3,(H2,10,11,12). The summed E-state index contributed by atoms with van der Waals surface area (Å²) in [5, 5.41) is 0. The predicted octanol–water partition coefficient (Wildman–Crippen LogP) is 0.383. The molecule has 0 saturated heterocycles. The van der Waals surface area contributed by atoms with Gasteiger partial charge in [0, 0.05) is 6.54 Å². The minimum absolute atomic E-state index is 0.0194. The lowest BCUT2D eigenvalue weighted by molar-refractivity contribution is 0.407. The van der Waals surface area contributed by atoms with Crippen LogP contribution in [-0.4, -0.2) is 24.9 Å². The van der Waals surface area contributed by atoms with Crippen molar-refractivity contribution in [3.05, 3.63) is 12.4 Å². The van der Waals surface area contributed by atoms with E-state index in [1.54, 1.807) is 0 Å². The molecule has 0 aromatic carbocycles. The van der Waals surface area contributed by atoms with Crippen molar-refractivity contribution in [1.82, 2.24) is 14.7 Å². The van der Waals surface area contributed by atoms with E-state index in [9.17, 15) is 8.42 Å². The fourth-order valence-electron chi connectivity index (χ4n) is 0.860. The lowest BCUT2D eigenvalue weighted by Gasteiger charge is -2.18. The van der Waals surface area contributed by atoms with E-state index >= 15 is 0 Å². The highest BCUT2D eigenvalue weighted by atomic mass is 32.2. The molecule has 1 aromatic heterocycles. The van der Waals surface area contributed by atoms with Crippen LogP contribution in [0.2, 0.25) is 0 Å².